The van der Waals surface area contributed by atoms with Crippen LogP contribution in [-0.4, -0.2) is 59.3 Å². The molecule has 1 N–H and O–H groups in total. The van der Waals surface area contributed by atoms with E-state index in [1.807, 2.05) is 54.6 Å². The molecule has 0 bridgehead atoms. The number of imide groups is 3. The monoisotopic (exact) mass is 598 g/mol. The van der Waals surface area contributed by atoms with Crippen molar-refractivity contribution in [2.75, 3.05) is 20.3 Å². The quantitative estimate of drug-likeness (QED) is 0.271. The fourth-order valence-corrected chi connectivity index (χ4v) is 6.49. The highest BCUT2D eigenvalue weighted by molar-refractivity contribution is 6.16. The maximum absolute atomic E-state index is 14.1. The van der Waals surface area contributed by atoms with Crippen LogP contribution in [0.3, 0.4) is 0 Å². The van der Waals surface area contributed by atoms with Gasteiger partial charge in [-0.3, -0.25) is 14.6 Å². The topological polar surface area (TPSA) is 115 Å². The van der Waals surface area contributed by atoms with E-state index in [1.54, 1.807) is 12.3 Å². The van der Waals surface area contributed by atoms with E-state index in [9.17, 15) is 23.9 Å². The van der Waals surface area contributed by atoms with Crippen molar-refractivity contribution in [3.63, 3.8) is 0 Å². The molecule has 0 unspecified atom stereocenters. The van der Waals surface area contributed by atoms with Crippen molar-refractivity contribution in [3.05, 3.63) is 101 Å². The summed E-state index contributed by atoms with van der Waals surface area (Å²) < 4.78 is 31.3. The first-order valence-corrected chi connectivity index (χ1v) is 14.4. The number of carbonyl (C=O) groups excluding carboxylic acids is 3. The lowest BCUT2D eigenvalue weighted by Crippen LogP contribution is -2.38. The van der Waals surface area contributed by atoms with Gasteiger partial charge in [-0.2, -0.15) is 4.90 Å². The minimum absolute atomic E-state index is 0.203. The van der Waals surface area contributed by atoms with Crippen molar-refractivity contribution >= 4 is 29.6 Å². The van der Waals surface area contributed by atoms with E-state index in [4.69, 9.17) is 14.2 Å². The number of fused-ring (bicyclic) bond motifs is 3. The number of amides is 3. The molecule has 10 heteroatoms. The summed E-state index contributed by atoms with van der Waals surface area (Å²) in [4.78, 5) is 44.2. The van der Waals surface area contributed by atoms with Gasteiger partial charge in [0.15, 0.2) is 11.6 Å². The minimum Gasteiger partial charge on any atom is -0.505 e. The van der Waals surface area contributed by atoms with Gasteiger partial charge in [0.05, 0.1) is 37.4 Å². The van der Waals surface area contributed by atoms with Gasteiger partial charge in [0.25, 0.3) is 0 Å². The molecule has 1 aliphatic carbocycles. The van der Waals surface area contributed by atoms with Crippen molar-refractivity contribution in [1.82, 2.24) is 9.88 Å². The van der Waals surface area contributed by atoms with E-state index in [2.05, 4.69) is 4.98 Å². The Morgan fingerprint density at radius 2 is 1.89 bits per heavy atom. The van der Waals surface area contributed by atoms with Crippen LogP contribution in [0.1, 0.15) is 30.5 Å². The summed E-state index contributed by atoms with van der Waals surface area (Å²) in [5, 5.41) is 9.64. The fourth-order valence-electron chi connectivity index (χ4n) is 6.49. The number of para-hydroxylation sites is 1. The highest BCUT2D eigenvalue weighted by Crippen LogP contribution is 2.50. The Bertz CT molecular complexity index is 1640. The second-order valence-corrected chi connectivity index (χ2v) is 11.0. The summed E-state index contributed by atoms with van der Waals surface area (Å²) in [6.45, 7) is 0.421. The molecule has 2 aliphatic heterocycles. The highest BCUT2D eigenvalue weighted by Gasteiger charge is 2.59. The first-order valence-electron chi connectivity index (χ1n) is 14.4. The predicted molar refractivity (Wildman–Crippen MR) is 157 cm³/mol. The van der Waals surface area contributed by atoms with Crippen LogP contribution in [0.5, 0.6) is 11.5 Å². The number of halogens is 1. The molecule has 3 heterocycles. The molecule has 3 aliphatic rings. The largest absolute Gasteiger partial charge is 0.505 e. The van der Waals surface area contributed by atoms with Crippen LogP contribution < -0.4 is 4.74 Å². The molecule has 3 aromatic rings. The summed E-state index contributed by atoms with van der Waals surface area (Å²) in [5.74, 6) is -3.44. The summed E-state index contributed by atoms with van der Waals surface area (Å²) in [5.41, 5.74) is 3.92. The highest BCUT2D eigenvalue weighted by atomic mass is 19.1. The van der Waals surface area contributed by atoms with E-state index in [1.165, 1.54) is 12.1 Å². The molecule has 9 nitrogen and oxygen atoms in total. The summed E-state index contributed by atoms with van der Waals surface area (Å²) >= 11 is 0. The predicted octanol–water partition coefficient (Wildman–Crippen LogP) is 5.41. The number of aromatic nitrogens is 1. The zero-order valence-corrected chi connectivity index (χ0v) is 24.0. The van der Waals surface area contributed by atoms with Gasteiger partial charge in [-0.1, -0.05) is 30.3 Å². The lowest BCUT2D eigenvalue weighted by atomic mass is 9.69. The molecule has 3 amide bonds. The third-order valence-corrected chi connectivity index (χ3v) is 8.50. The molecule has 226 valence electrons. The Hall–Kier alpha value is -4.83. The normalized spacial score (nSPS) is 23.0. The molecule has 2 saturated heterocycles. The number of rotatable bonds is 8. The number of pyridine rings is 1. The Balaban J connectivity index is 1.31. The van der Waals surface area contributed by atoms with Gasteiger partial charge in [-0.05, 0) is 84.0 Å². The number of phenols is 1. The number of hydrogen-bond donors (Lipinski definition) is 1. The molecule has 0 spiro atoms. The first kappa shape index (κ1) is 29.3. The lowest BCUT2D eigenvalue weighted by molar-refractivity contribution is -0.137. The fraction of sp³-hybridized carbons (Fsp3) is 0.294. The second kappa shape index (κ2) is 12.4. The third-order valence-electron chi connectivity index (χ3n) is 8.50. The van der Waals surface area contributed by atoms with Crippen LogP contribution in [0.2, 0.25) is 0 Å². The molecule has 1 aromatic heterocycles. The zero-order chi connectivity index (χ0) is 30.8. The van der Waals surface area contributed by atoms with E-state index >= 15 is 0 Å². The van der Waals surface area contributed by atoms with Crippen LogP contribution in [0.15, 0.2) is 84.1 Å². The number of allylic oxidation sites excluding steroid dienone is 1. The Morgan fingerprint density at radius 1 is 1.09 bits per heavy atom. The van der Waals surface area contributed by atoms with Gasteiger partial charge in [0.1, 0.15) is 12.4 Å². The number of likely N-dealkylation sites (tertiary alicyclic amines) is 1. The lowest BCUT2D eigenvalue weighted by Gasteiger charge is -2.31. The molecule has 44 heavy (non-hydrogen) atoms. The van der Waals surface area contributed by atoms with Crippen molar-refractivity contribution < 1.29 is 38.1 Å². The smallest absolute Gasteiger partial charge is 0.423 e. The maximum atomic E-state index is 14.1. The first-order chi connectivity index (χ1) is 21.4. The van der Waals surface area contributed by atoms with Crippen molar-refractivity contribution in [3.8, 4) is 11.5 Å². The third kappa shape index (κ3) is 5.60. The molecule has 2 fully saturated rings. The van der Waals surface area contributed by atoms with Crippen molar-refractivity contribution in [2.24, 2.45) is 17.8 Å². The van der Waals surface area contributed by atoms with E-state index in [0.29, 0.717) is 34.7 Å². The summed E-state index contributed by atoms with van der Waals surface area (Å²) in [6, 6.07) is 19.1. The number of carbonyl (C=O) groups is 3. The van der Waals surface area contributed by atoms with Crippen LogP contribution in [0, 0.1) is 23.6 Å². The number of ether oxygens (including phenoxy) is 3. The number of phenolic OH excluding ortho intramolecular Hbond substituents is 1. The van der Waals surface area contributed by atoms with Crippen LogP contribution in [0.25, 0.3) is 11.6 Å². The van der Waals surface area contributed by atoms with Gasteiger partial charge in [-0.25, -0.2) is 9.18 Å². The molecule has 0 saturated carbocycles. The van der Waals surface area contributed by atoms with Gasteiger partial charge in [0.2, 0.25) is 11.8 Å². The molecule has 4 atom stereocenters. The van der Waals surface area contributed by atoms with E-state index < -0.39 is 47.2 Å². The Labute approximate surface area is 253 Å². The molecular formula is C34H31FN2O7. The number of nitrogens with zero attached hydrogens (tertiary/aromatic N) is 2. The maximum Gasteiger partial charge on any atom is 0.423 e. The van der Waals surface area contributed by atoms with Crippen LogP contribution in [-0.2, 0) is 19.1 Å². The zero-order valence-electron chi connectivity index (χ0n) is 24.0. The molecular weight excluding hydrogens is 567 g/mol. The minimum atomic E-state index is -0.982. The van der Waals surface area contributed by atoms with E-state index in [-0.39, 0.29) is 25.7 Å². The molecule has 2 aromatic carbocycles. The average Bonchev–Trinajstić information content (AvgIpc) is 3.58. The van der Waals surface area contributed by atoms with Crippen LogP contribution >= 0.6 is 0 Å². The number of hydrogen-bond acceptors (Lipinski definition) is 8. The molecule has 6 rings (SSSR count). The average molecular weight is 599 g/mol. The van der Waals surface area contributed by atoms with Crippen molar-refractivity contribution in [1.29, 1.82) is 0 Å². The summed E-state index contributed by atoms with van der Waals surface area (Å²) in [6.07, 6.45) is 3.43. The molecule has 0 radical (unpaired) electrons. The van der Waals surface area contributed by atoms with Crippen molar-refractivity contribution in [2.45, 2.75) is 25.4 Å². The SMILES string of the molecule is COC(=O)N1C(=O)[C@@H]2[C@@H](CC(COc3ccccc3)=C3[C@@H](CC/C(=C/c4ccc(O)c(F)c4)c4ccccn4)OC[C@@H]32)C1=O. The second-order valence-electron chi connectivity index (χ2n) is 11.0. The Kier molecular flexibility index (Phi) is 8.25. The van der Waals surface area contributed by atoms with Gasteiger partial charge < -0.3 is 19.3 Å². The van der Waals surface area contributed by atoms with Gasteiger partial charge in [-0.15, -0.1) is 0 Å². The standard InChI is InChI=1S/C34H31FN2O7/c1-42-34(41)37-32(39)24-17-22(18-43-23-7-3-2-4-8-23)30-25(31(24)33(37)40)19-44-29(30)13-11-21(27-9-5-6-14-36-27)15-20-10-12-28(38)26(35)16-20/h2-10,12,14-16,24-25,29,31,38H,11,13,17-19H2,1H3/b21-15-/t24-,25+,29-,31-/m1/s1. The van der Waals surface area contributed by atoms with Gasteiger partial charge in [0, 0.05) is 12.1 Å². The summed E-state index contributed by atoms with van der Waals surface area (Å²) in [7, 11) is 1.14. The van der Waals surface area contributed by atoms with Crippen LogP contribution in [0.4, 0.5) is 9.18 Å². The number of methoxy groups -OCH3 is 1. The van der Waals surface area contributed by atoms with Gasteiger partial charge >= 0.3 is 6.09 Å². The Morgan fingerprint density at radius 3 is 2.61 bits per heavy atom. The number of aromatic hydroxyl groups is 1. The van der Waals surface area contributed by atoms with E-state index in [0.717, 1.165) is 23.8 Å². The number of benzene rings is 2.